The fourth-order valence-corrected chi connectivity index (χ4v) is 2.29. The normalized spacial score (nSPS) is 10.6. The van der Waals surface area contributed by atoms with Crippen LogP contribution in [0.3, 0.4) is 0 Å². The van der Waals surface area contributed by atoms with Gasteiger partial charge in [0.15, 0.2) is 0 Å². The van der Waals surface area contributed by atoms with E-state index in [1.165, 1.54) is 11.6 Å². The quantitative estimate of drug-likeness (QED) is 0.804. The summed E-state index contributed by atoms with van der Waals surface area (Å²) in [7, 11) is 1.68. The van der Waals surface area contributed by atoms with Crippen LogP contribution in [-0.2, 0) is 13.0 Å². The van der Waals surface area contributed by atoms with Gasteiger partial charge in [-0.2, -0.15) is 0 Å². The monoisotopic (exact) mass is 274 g/mol. The Morgan fingerprint density at radius 2 is 1.95 bits per heavy atom. The van der Waals surface area contributed by atoms with Crippen molar-refractivity contribution in [1.29, 1.82) is 0 Å². The molecular formula is C17H21FNO+. The molecule has 2 N–H and O–H groups in total. The number of methoxy groups -OCH3 is 1. The highest BCUT2D eigenvalue weighted by molar-refractivity contribution is 5.35. The Balaban J connectivity index is 1.82. The maximum atomic E-state index is 13.4. The van der Waals surface area contributed by atoms with E-state index >= 15 is 0 Å². The van der Waals surface area contributed by atoms with Gasteiger partial charge in [-0.1, -0.05) is 18.2 Å². The number of rotatable bonds is 6. The van der Waals surface area contributed by atoms with E-state index in [4.69, 9.17) is 4.74 Å². The highest BCUT2D eigenvalue weighted by atomic mass is 19.1. The van der Waals surface area contributed by atoms with Gasteiger partial charge in [0.05, 0.1) is 13.7 Å². The summed E-state index contributed by atoms with van der Waals surface area (Å²) >= 11 is 0. The van der Waals surface area contributed by atoms with Crippen LogP contribution in [-0.4, -0.2) is 13.7 Å². The van der Waals surface area contributed by atoms with Gasteiger partial charge in [-0.25, -0.2) is 4.39 Å². The van der Waals surface area contributed by atoms with Crippen LogP contribution in [0.25, 0.3) is 0 Å². The molecule has 0 bridgehead atoms. The molecule has 0 saturated heterocycles. The van der Waals surface area contributed by atoms with Crippen LogP contribution in [0.1, 0.15) is 16.7 Å². The minimum Gasteiger partial charge on any atom is -0.496 e. The molecule has 0 amide bonds. The second kappa shape index (κ2) is 7.06. The van der Waals surface area contributed by atoms with Crippen LogP contribution in [0.15, 0.2) is 42.5 Å². The van der Waals surface area contributed by atoms with Gasteiger partial charge in [0.1, 0.15) is 18.1 Å². The van der Waals surface area contributed by atoms with Crippen molar-refractivity contribution in [2.24, 2.45) is 0 Å². The summed E-state index contributed by atoms with van der Waals surface area (Å²) in [6, 6.07) is 13.2. The first-order chi connectivity index (χ1) is 9.70. The molecule has 0 radical (unpaired) electrons. The van der Waals surface area contributed by atoms with Crippen molar-refractivity contribution >= 4 is 0 Å². The number of halogens is 1. The highest BCUT2D eigenvalue weighted by Crippen LogP contribution is 2.17. The van der Waals surface area contributed by atoms with Crippen molar-refractivity contribution in [3.05, 3.63) is 65.0 Å². The summed E-state index contributed by atoms with van der Waals surface area (Å²) in [4.78, 5) is 0. The van der Waals surface area contributed by atoms with E-state index in [2.05, 4.69) is 17.4 Å². The summed E-state index contributed by atoms with van der Waals surface area (Å²) in [5.74, 6) is 0.807. The van der Waals surface area contributed by atoms with Gasteiger partial charge in [-0.05, 0) is 42.3 Å². The van der Waals surface area contributed by atoms with Crippen LogP contribution >= 0.6 is 0 Å². The van der Waals surface area contributed by atoms with Crippen molar-refractivity contribution in [3.8, 4) is 5.75 Å². The molecule has 0 spiro atoms. The van der Waals surface area contributed by atoms with Crippen LogP contribution in [0.2, 0.25) is 0 Å². The van der Waals surface area contributed by atoms with Gasteiger partial charge in [0.2, 0.25) is 0 Å². The predicted octanol–water partition coefficient (Wildman–Crippen LogP) is 2.45. The molecular weight excluding hydrogens is 253 g/mol. The lowest BCUT2D eigenvalue weighted by Gasteiger charge is -2.07. The van der Waals surface area contributed by atoms with E-state index in [0.29, 0.717) is 0 Å². The summed E-state index contributed by atoms with van der Waals surface area (Å²) in [5.41, 5.74) is 3.19. The van der Waals surface area contributed by atoms with E-state index < -0.39 is 0 Å². The lowest BCUT2D eigenvalue weighted by atomic mass is 10.1. The van der Waals surface area contributed by atoms with E-state index in [9.17, 15) is 4.39 Å². The number of aryl methyl sites for hydroxylation is 1. The number of ether oxygens (including phenoxy) is 1. The van der Waals surface area contributed by atoms with Gasteiger partial charge in [0.25, 0.3) is 0 Å². The lowest BCUT2D eigenvalue weighted by Crippen LogP contribution is -2.83. The first-order valence-electron chi connectivity index (χ1n) is 6.89. The number of hydrogen-bond acceptors (Lipinski definition) is 1. The van der Waals surface area contributed by atoms with Crippen LogP contribution in [0.4, 0.5) is 4.39 Å². The molecule has 0 unspecified atom stereocenters. The molecule has 2 aromatic rings. The third-order valence-electron chi connectivity index (χ3n) is 3.41. The first kappa shape index (κ1) is 14.5. The molecule has 0 aliphatic carbocycles. The second-order valence-corrected chi connectivity index (χ2v) is 4.93. The maximum absolute atomic E-state index is 13.4. The molecule has 0 saturated carbocycles. The number of quaternary nitrogens is 1. The molecule has 0 atom stereocenters. The van der Waals surface area contributed by atoms with Crippen LogP contribution in [0, 0.1) is 12.7 Å². The largest absolute Gasteiger partial charge is 0.496 e. The van der Waals surface area contributed by atoms with Gasteiger partial charge < -0.3 is 10.1 Å². The summed E-state index contributed by atoms with van der Waals surface area (Å²) in [6.45, 7) is 3.83. The third kappa shape index (κ3) is 3.81. The molecule has 2 rings (SSSR count). The van der Waals surface area contributed by atoms with Crippen molar-refractivity contribution in [2.75, 3.05) is 13.7 Å². The predicted molar refractivity (Wildman–Crippen MR) is 78.3 cm³/mol. The Bertz CT molecular complexity index is 569. The minimum atomic E-state index is -0.110. The van der Waals surface area contributed by atoms with Crippen molar-refractivity contribution in [3.63, 3.8) is 0 Å². The van der Waals surface area contributed by atoms with Gasteiger partial charge >= 0.3 is 0 Å². The second-order valence-electron chi connectivity index (χ2n) is 4.93. The molecule has 0 aromatic heterocycles. The zero-order chi connectivity index (χ0) is 14.4. The standard InChI is InChI=1S/C17H20FNO/c1-13-11-14(7-8-17(13)20-2)12-19-10-9-15-5-3-4-6-16(15)18/h3-8,11,19H,9-10,12H2,1-2H3/p+1. The Morgan fingerprint density at radius 3 is 2.65 bits per heavy atom. The number of hydrogen-bond donors (Lipinski definition) is 1. The molecule has 2 nitrogen and oxygen atoms in total. The van der Waals surface area contributed by atoms with Crippen LogP contribution < -0.4 is 10.1 Å². The van der Waals surface area contributed by atoms with E-state index in [-0.39, 0.29) is 5.82 Å². The molecule has 0 heterocycles. The Labute approximate surface area is 119 Å². The van der Waals surface area contributed by atoms with Crippen molar-refractivity contribution in [2.45, 2.75) is 19.9 Å². The Morgan fingerprint density at radius 1 is 1.15 bits per heavy atom. The average Bonchev–Trinajstić information content (AvgIpc) is 2.45. The SMILES string of the molecule is COc1ccc(C[NH2+]CCc2ccccc2F)cc1C. The summed E-state index contributed by atoms with van der Waals surface area (Å²) in [5, 5.41) is 2.20. The van der Waals surface area contributed by atoms with E-state index in [1.807, 2.05) is 25.1 Å². The zero-order valence-electron chi connectivity index (χ0n) is 12.0. The molecule has 0 fully saturated rings. The molecule has 20 heavy (non-hydrogen) atoms. The van der Waals surface area contributed by atoms with Crippen LogP contribution in [0.5, 0.6) is 5.75 Å². The molecule has 3 heteroatoms. The topological polar surface area (TPSA) is 25.8 Å². The van der Waals surface area contributed by atoms with E-state index in [1.54, 1.807) is 13.2 Å². The number of benzene rings is 2. The smallest absolute Gasteiger partial charge is 0.126 e. The maximum Gasteiger partial charge on any atom is 0.126 e. The summed E-state index contributed by atoms with van der Waals surface area (Å²) < 4.78 is 18.7. The third-order valence-corrected chi connectivity index (χ3v) is 3.41. The zero-order valence-corrected chi connectivity index (χ0v) is 12.0. The average molecular weight is 274 g/mol. The summed E-state index contributed by atoms with van der Waals surface area (Å²) in [6.07, 6.45) is 0.752. The Kier molecular flexibility index (Phi) is 5.13. The highest BCUT2D eigenvalue weighted by Gasteiger charge is 2.03. The molecule has 0 aliphatic heterocycles. The molecule has 2 aromatic carbocycles. The van der Waals surface area contributed by atoms with Crippen molar-refractivity contribution in [1.82, 2.24) is 0 Å². The number of nitrogens with two attached hydrogens (primary N) is 1. The molecule has 0 aliphatic rings. The fraction of sp³-hybridized carbons (Fsp3) is 0.294. The van der Waals surface area contributed by atoms with Gasteiger partial charge in [-0.15, -0.1) is 0 Å². The van der Waals surface area contributed by atoms with E-state index in [0.717, 1.165) is 36.4 Å². The molecule has 106 valence electrons. The fourth-order valence-electron chi connectivity index (χ4n) is 2.29. The minimum absolute atomic E-state index is 0.110. The van der Waals surface area contributed by atoms with Crippen molar-refractivity contribution < 1.29 is 14.4 Å². The first-order valence-corrected chi connectivity index (χ1v) is 6.89. The lowest BCUT2D eigenvalue weighted by molar-refractivity contribution is -0.670. The Hall–Kier alpha value is -1.87. The van der Waals surface area contributed by atoms with Gasteiger partial charge in [-0.3, -0.25) is 0 Å². The van der Waals surface area contributed by atoms with Gasteiger partial charge in [0, 0.05) is 12.0 Å².